The van der Waals surface area contributed by atoms with Crippen LogP contribution in [-0.4, -0.2) is 23.3 Å². The van der Waals surface area contributed by atoms with E-state index in [2.05, 4.69) is 4.98 Å². The average Bonchev–Trinajstić information content (AvgIpc) is 2.95. The van der Waals surface area contributed by atoms with Crippen molar-refractivity contribution in [2.24, 2.45) is 0 Å². The van der Waals surface area contributed by atoms with Crippen LogP contribution in [0.4, 0.5) is 0 Å². The Morgan fingerprint density at radius 3 is 2.83 bits per heavy atom. The molecule has 2 aromatic heterocycles. The summed E-state index contributed by atoms with van der Waals surface area (Å²) in [6, 6.07) is 3.50. The fourth-order valence-electron chi connectivity index (χ4n) is 1.48. The lowest BCUT2D eigenvalue weighted by molar-refractivity contribution is 0.0569. The first kappa shape index (κ1) is 12.9. The van der Waals surface area contributed by atoms with Crippen molar-refractivity contribution in [2.45, 2.75) is 13.8 Å². The number of carbonyl (C=O) groups is 1. The molecule has 4 nitrogen and oxygen atoms in total. The molecular formula is C12H12N2O2S2. The highest BCUT2D eigenvalue weighted by atomic mass is 32.1. The number of thiazole rings is 1. The quantitative estimate of drug-likeness (QED) is 0.691. The van der Waals surface area contributed by atoms with Crippen LogP contribution in [0.15, 0.2) is 17.5 Å². The van der Waals surface area contributed by atoms with E-state index in [-0.39, 0.29) is 12.6 Å². The van der Waals surface area contributed by atoms with E-state index >= 15 is 0 Å². The number of nitrogens with one attached hydrogen (secondary N) is 1. The summed E-state index contributed by atoms with van der Waals surface area (Å²) >= 11 is 2.78. The minimum Gasteiger partial charge on any atom is -0.455 e. The number of aryl methyl sites for hydroxylation is 2. The Balaban J connectivity index is 1.97. The molecule has 1 N–H and O–H groups in total. The first-order valence-corrected chi connectivity index (χ1v) is 7.00. The van der Waals surface area contributed by atoms with Crippen LogP contribution in [-0.2, 0) is 4.74 Å². The fraction of sp³-hybridized carbons (Fsp3) is 0.250. The maximum Gasteiger partial charge on any atom is 0.348 e. The van der Waals surface area contributed by atoms with Crippen molar-refractivity contribution < 1.29 is 9.53 Å². The molecule has 0 saturated carbocycles. The molecule has 0 radical (unpaired) electrons. The monoisotopic (exact) mass is 280 g/mol. The van der Waals surface area contributed by atoms with Gasteiger partial charge in [0.05, 0.1) is 21.3 Å². The summed E-state index contributed by atoms with van der Waals surface area (Å²) in [5, 5.41) is 10.6. The summed E-state index contributed by atoms with van der Waals surface area (Å²) in [6.07, 6.45) is 0. The predicted molar refractivity (Wildman–Crippen MR) is 73.0 cm³/mol. The molecular weight excluding hydrogens is 268 g/mol. The van der Waals surface area contributed by atoms with Gasteiger partial charge in [0.25, 0.3) is 0 Å². The summed E-state index contributed by atoms with van der Waals surface area (Å²) in [4.78, 5) is 17.2. The van der Waals surface area contributed by atoms with Crippen LogP contribution in [0, 0.1) is 19.3 Å². The van der Waals surface area contributed by atoms with E-state index in [1.165, 1.54) is 22.7 Å². The molecule has 0 atom stereocenters. The largest absolute Gasteiger partial charge is 0.455 e. The summed E-state index contributed by atoms with van der Waals surface area (Å²) in [7, 11) is 0. The highest BCUT2D eigenvalue weighted by Crippen LogP contribution is 2.18. The van der Waals surface area contributed by atoms with Gasteiger partial charge in [0.1, 0.15) is 11.5 Å². The molecule has 0 aliphatic heterocycles. The van der Waals surface area contributed by atoms with Gasteiger partial charge >= 0.3 is 5.97 Å². The van der Waals surface area contributed by atoms with Gasteiger partial charge in [0.2, 0.25) is 0 Å². The molecule has 0 fully saturated rings. The van der Waals surface area contributed by atoms with E-state index in [1.54, 1.807) is 12.1 Å². The molecule has 0 bridgehead atoms. The zero-order valence-electron chi connectivity index (χ0n) is 10.0. The number of nitrogens with zero attached hydrogens (tertiary/aromatic N) is 1. The molecule has 18 heavy (non-hydrogen) atoms. The molecule has 6 heteroatoms. The van der Waals surface area contributed by atoms with Gasteiger partial charge in [0, 0.05) is 0 Å². The van der Waals surface area contributed by atoms with Crippen molar-refractivity contribution in [2.75, 3.05) is 6.61 Å². The third kappa shape index (κ3) is 2.83. The van der Waals surface area contributed by atoms with E-state index < -0.39 is 0 Å². The summed E-state index contributed by atoms with van der Waals surface area (Å²) in [5.41, 5.74) is 1.11. The lowest BCUT2D eigenvalue weighted by atomic mass is 10.3. The maximum absolute atomic E-state index is 11.6. The van der Waals surface area contributed by atoms with Crippen LogP contribution in [0.2, 0.25) is 0 Å². The van der Waals surface area contributed by atoms with Gasteiger partial charge in [0.15, 0.2) is 0 Å². The summed E-state index contributed by atoms with van der Waals surface area (Å²) < 4.78 is 5.09. The van der Waals surface area contributed by atoms with Gasteiger partial charge in [-0.25, -0.2) is 9.78 Å². The highest BCUT2D eigenvalue weighted by molar-refractivity contribution is 7.13. The Hall–Kier alpha value is -1.53. The van der Waals surface area contributed by atoms with Crippen LogP contribution in [0.3, 0.4) is 0 Å². The molecule has 0 spiro atoms. The van der Waals surface area contributed by atoms with E-state index in [0.29, 0.717) is 10.6 Å². The van der Waals surface area contributed by atoms with Crippen LogP contribution >= 0.6 is 22.7 Å². The summed E-state index contributed by atoms with van der Waals surface area (Å²) in [5.74, 6) is -0.381. The summed E-state index contributed by atoms with van der Waals surface area (Å²) in [6.45, 7) is 3.74. The van der Waals surface area contributed by atoms with Crippen molar-refractivity contribution in [3.63, 3.8) is 0 Å². The lowest BCUT2D eigenvalue weighted by Gasteiger charge is -2.03. The van der Waals surface area contributed by atoms with Crippen molar-refractivity contribution in [3.05, 3.63) is 38.0 Å². The molecule has 0 saturated heterocycles. The molecule has 0 aliphatic rings. The number of esters is 1. The Kier molecular flexibility index (Phi) is 3.88. The minimum atomic E-state index is -0.381. The van der Waals surface area contributed by atoms with Gasteiger partial charge in [-0.2, -0.15) is 0 Å². The molecule has 2 heterocycles. The first-order chi connectivity index (χ1) is 8.58. The van der Waals surface area contributed by atoms with Gasteiger partial charge in [-0.15, -0.1) is 22.7 Å². The van der Waals surface area contributed by atoms with Gasteiger partial charge < -0.3 is 10.1 Å². The van der Waals surface area contributed by atoms with Crippen LogP contribution in [0.5, 0.6) is 0 Å². The number of hydrogen-bond donors (Lipinski definition) is 1. The Morgan fingerprint density at radius 2 is 2.28 bits per heavy atom. The van der Waals surface area contributed by atoms with Gasteiger partial charge in [-0.05, 0) is 25.3 Å². The number of hydrogen-bond acceptors (Lipinski definition) is 6. The fourth-order valence-corrected chi connectivity index (χ4v) is 2.95. The van der Waals surface area contributed by atoms with Crippen LogP contribution in [0.1, 0.15) is 25.3 Å². The van der Waals surface area contributed by atoms with Crippen molar-refractivity contribution in [3.8, 4) is 0 Å². The Labute approximate surface area is 113 Å². The number of rotatable bonds is 4. The normalized spacial score (nSPS) is 10.3. The van der Waals surface area contributed by atoms with E-state index in [1.807, 2.05) is 19.2 Å². The van der Waals surface area contributed by atoms with Crippen LogP contribution < -0.4 is 0 Å². The molecule has 0 aromatic carbocycles. The maximum atomic E-state index is 11.6. The van der Waals surface area contributed by atoms with E-state index in [0.717, 1.165) is 15.6 Å². The standard InChI is InChI=1S/C12H12N2O2S2/c1-7-11(18-8(2)14-7)9(13)6-16-12(15)10-4-3-5-17-10/h3-5,13H,6H2,1-2H3. The topological polar surface area (TPSA) is 63.0 Å². The molecule has 0 unspecified atom stereocenters. The lowest BCUT2D eigenvalue weighted by Crippen LogP contribution is -2.13. The second-order valence-electron chi connectivity index (χ2n) is 3.68. The predicted octanol–water partition coefficient (Wildman–Crippen LogP) is 3.05. The number of thiophene rings is 1. The molecule has 2 rings (SSSR count). The van der Waals surface area contributed by atoms with Crippen molar-refractivity contribution in [1.29, 1.82) is 5.41 Å². The minimum absolute atomic E-state index is 0.0147. The highest BCUT2D eigenvalue weighted by Gasteiger charge is 2.14. The number of ether oxygens (including phenoxy) is 1. The first-order valence-electron chi connectivity index (χ1n) is 5.30. The second kappa shape index (κ2) is 5.41. The van der Waals surface area contributed by atoms with E-state index in [4.69, 9.17) is 10.1 Å². The zero-order valence-corrected chi connectivity index (χ0v) is 11.7. The smallest absolute Gasteiger partial charge is 0.348 e. The number of carbonyl (C=O) groups excluding carboxylic acids is 1. The van der Waals surface area contributed by atoms with Gasteiger partial charge in [-0.1, -0.05) is 6.07 Å². The second-order valence-corrected chi connectivity index (χ2v) is 5.83. The molecule has 94 valence electrons. The third-order valence-corrected chi connectivity index (χ3v) is 4.23. The average molecular weight is 280 g/mol. The molecule has 0 amide bonds. The Bertz CT molecular complexity index is 573. The molecule has 2 aromatic rings. The van der Waals surface area contributed by atoms with Gasteiger partial charge in [-0.3, -0.25) is 0 Å². The molecule has 0 aliphatic carbocycles. The number of aromatic nitrogens is 1. The third-order valence-electron chi connectivity index (χ3n) is 2.25. The van der Waals surface area contributed by atoms with Crippen molar-refractivity contribution in [1.82, 2.24) is 4.98 Å². The van der Waals surface area contributed by atoms with E-state index in [9.17, 15) is 4.79 Å². The zero-order chi connectivity index (χ0) is 13.1. The Morgan fingerprint density at radius 1 is 1.50 bits per heavy atom. The van der Waals surface area contributed by atoms with Crippen molar-refractivity contribution >= 4 is 34.4 Å². The SMILES string of the molecule is Cc1nc(C)c(C(=N)COC(=O)c2cccs2)s1. The van der Waals surface area contributed by atoms with Crippen LogP contribution in [0.25, 0.3) is 0 Å².